The van der Waals surface area contributed by atoms with E-state index in [-0.39, 0.29) is 5.82 Å². The molecule has 0 fully saturated rings. The largest absolute Gasteiger partial charge is 0.573 e. The van der Waals surface area contributed by atoms with E-state index < -0.39 is 23.8 Å². The van der Waals surface area contributed by atoms with E-state index in [0.29, 0.717) is 0 Å². The van der Waals surface area contributed by atoms with E-state index in [2.05, 4.69) is 9.72 Å². The van der Waals surface area contributed by atoms with Gasteiger partial charge >= 0.3 is 12.3 Å². The molecule has 0 bridgehead atoms. The molecule has 0 aromatic carbocycles. The second-order valence-corrected chi connectivity index (χ2v) is 2.44. The van der Waals surface area contributed by atoms with E-state index in [1.165, 1.54) is 0 Å². The van der Waals surface area contributed by atoms with Gasteiger partial charge in [0, 0.05) is 0 Å². The summed E-state index contributed by atoms with van der Waals surface area (Å²) in [5.74, 6) is -2.76. The zero-order valence-corrected chi connectivity index (χ0v) is 7.08. The van der Waals surface area contributed by atoms with Crippen LogP contribution in [0.4, 0.5) is 19.0 Å². The number of carboxylic acid groups (broad SMARTS) is 1. The van der Waals surface area contributed by atoms with Crippen molar-refractivity contribution in [2.75, 3.05) is 5.73 Å². The molecule has 3 N–H and O–H groups in total. The first-order chi connectivity index (χ1) is 6.79. The number of aromatic nitrogens is 1. The maximum atomic E-state index is 11.8. The molecule has 0 aliphatic heterocycles. The molecule has 1 rings (SSSR count). The smallest absolute Gasteiger partial charge is 0.476 e. The van der Waals surface area contributed by atoms with Crippen molar-refractivity contribution in [3.8, 4) is 5.75 Å². The second kappa shape index (κ2) is 3.64. The first-order valence-electron chi connectivity index (χ1n) is 3.55. The molecule has 0 spiro atoms. The van der Waals surface area contributed by atoms with Gasteiger partial charge < -0.3 is 15.6 Å². The van der Waals surface area contributed by atoms with Gasteiger partial charge in [-0.2, -0.15) is 0 Å². The first kappa shape index (κ1) is 11.1. The number of ether oxygens (including phenoxy) is 1. The fourth-order valence-corrected chi connectivity index (χ4v) is 0.822. The number of carboxylic acids is 1. The number of nitrogens with zero attached hydrogens (tertiary/aromatic N) is 1. The number of alkyl halides is 3. The first-order valence-corrected chi connectivity index (χ1v) is 3.55. The third-order valence-electron chi connectivity index (χ3n) is 1.31. The molecule has 5 nitrogen and oxygen atoms in total. The van der Waals surface area contributed by atoms with E-state index in [9.17, 15) is 18.0 Å². The van der Waals surface area contributed by atoms with Gasteiger partial charge in [0.15, 0.2) is 11.4 Å². The lowest BCUT2D eigenvalue weighted by molar-refractivity contribution is -0.274. The fraction of sp³-hybridized carbons (Fsp3) is 0.143. The minimum absolute atomic E-state index is 0.207. The number of aromatic carboxylic acids is 1. The average molecular weight is 222 g/mol. The van der Waals surface area contributed by atoms with E-state index in [1.807, 2.05) is 0 Å². The molecular weight excluding hydrogens is 217 g/mol. The van der Waals surface area contributed by atoms with E-state index in [4.69, 9.17) is 10.8 Å². The highest BCUT2D eigenvalue weighted by Crippen LogP contribution is 2.25. The highest BCUT2D eigenvalue weighted by molar-refractivity contribution is 5.89. The van der Waals surface area contributed by atoms with Gasteiger partial charge in [0.1, 0.15) is 5.82 Å². The van der Waals surface area contributed by atoms with Crippen molar-refractivity contribution in [1.82, 2.24) is 4.98 Å². The summed E-state index contributed by atoms with van der Waals surface area (Å²) in [4.78, 5) is 13.7. The predicted octanol–water partition coefficient (Wildman–Crippen LogP) is 1.26. The Morgan fingerprint density at radius 1 is 1.47 bits per heavy atom. The summed E-state index contributed by atoms with van der Waals surface area (Å²) in [6.45, 7) is 0. The monoisotopic (exact) mass is 222 g/mol. The summed E-state index contributed by atoms with van der Waals surface area (Å²) in [5.41, 5.74) is 4.24. The Labute approximate surface area is 81.3 Å². The van der Waals surface area contributed by atoms with Crippen molar-refractivity contribution in [2.24, 2.45) is 0 Å². The van der Waals surface area contributed by atoms with Crippen LogP contribution in [0.3, 0.4) is 0 Å². The Bertz CT molecular complexity index is 392. The summed E-state index contributed by atoms with van der Waals surface area (Å²) in [6.07, 6.45) is -4.97. The van der Waals surface area contributed by atoms with Gasteiger partial charge in [0.25, 0.3) is 0 Å². The molecule has 0 saturated carbocycles. The highest BCUT2D eigenvalue weighted by Gasteiger charge is 2.33. The lowest BCUT2D eigenvalue weighted by Gasteiger charge is -2.10. The predicted molar refractivity (Wildman–Crippen MR) is 42.3 cm³/mol. The molecule has 8 heteroatoms. The van der Waals surface area contributed by atoms with Gasteiger partial charge in [-0.1, -0.05) is 0 Å². The zero-order valence-electron chi connectivity index (χ0n) is 7.08. The molecule has 0 amide bonds. The Hall–Kier alpha value is -1.99. The molecule has 0 atom stereocenters. The average Bonchev–Trinajstić information content (AvgIpc) is 2.05. The van der Waals surface area contributed by atoms with Crippen LogP contribution in [0.25, 0.3) is 0 Å². The normalized spacial score (nSPS) is 11.1. The molecule has 1 aromatic rings. The van der Waals surface area contributed by atoms with Gasteiger partial charge in [0.2, 0.25) is 0 Å². The molecule has 0 aliphatic rings. The van der Waals surface area contributed by atoms with Crippen LogP contribution in [-0.2, 0) is 0 Å². The fourth-order valence-electron chi connectivity index (χ4n) is 0.822. The van der Waals surface area contributed by atoms with Gasteiger partial charge in [-0.25, -0.2) is 9.78 Å². The van der Waals surface area contributed by atoms with Crippen LogP contribution < -0.4 is 10.5 Å². The van der Waals surface area contributed by atoms with Crippen molar-refractivity contribution in [2.45, 2.75) is 6.36 Å². The topological polar surface area (TPSA) is 85.4 Å². The van der Waals surface area contributed by atoms with Crippen LogP contribution >= 0.6 is 0 Å². The van der Waals surface area contributed by atoms with Crippen molar-refractivity contribution >= 4 is 11.8 Å². The molecule has 1 aromatic heterocycles. The number of halogens is 3. The molecule has 82 valence electrons. The molecular formula is C7H5F3N2O3. The summed E-state index contributed by atoms with van der Waals surface area (Å²) in [6, 6.07) is 1.80. The summed E-state index contributed by atoms with van der Waals surface area (Å²) >= 11 is 0. The number of hydrogen-bond acceptors (Lipinski definition) is 4. The van der Waals surface area contributed by atoms with Crippen LogP contribution in [0.2, 0.25) is 0 Å². The van der Waals surface area contributed by atoms with Crippen molar-refractivity contribution < 1.29 is 27.8 Å². The number of nitrogen functional groups attached to an aromatic ring is 1. The van der Waals surface area contributed by atoms with Gasteiger partial charge in [-0.05, 0) is 12.1 Å². The summed E-state index contributed by atoms with van der Waals surface area (Å²) in [7, 11) is 0. The third-order valence-corrected chi connectivity index (χ3v) is 1.31. The zero-order chi connectivity index (χ0) is 11.6. The molecule has 0 unspecified atom stereocenters. The quantitative estimate of drug-likeness (QED) is 0.786. The Balaban J connectivity index is 3.12. The van der Waals surface area contributed by atoms with Gasteiger partial charge in [-0.3, -0.25) is 0 Å². The number of rotatable bonds is 2. The second-order valence-electron chi connectivity index (χ2n) is 2.44. The van der Waals surface area contributed by atoms with Crippen molar-refractivity contribution in [3.63, 3.8) is 0 Å². The van der Waals surface area contributed by atoms with Gasteiger partial charge in [0.05, 0.1) is 0 Å². The number of nitrogens with two attached hydrogens (primary N) is 1. The minimum Gasteiger partial charge on any atom is -0.476 e. The van der Waals surface area contributed by atoms with Crippen LogP contribution in [0, 0.1) is 0 Å². The molecule has 0 aliphatic carbocycles. The van der Waals surface area contributed by atoms with Crippen LogP contribution in [-0.4, -0.2) is 22.4 Å². The van der Waals surface area contributed by atoms with Crippen LogP contribution in [0.5, 0.6) is 5.75 Å². The standard InChI is InChI=1S/C7H5F3N2O3/c8-7(9,10)15-3-1-2-4(11)12-5(3)6(13)14/h1-2H,(H2,11,12)(H,13,14). The maximum absolute atomic E-state index is 11.8. The van der Waals surface area contributed by atoms with Crippen molar-refractivity contribution in [1.29, 1.82) is 0 Å². The maximum Gasteiger partial charge on any atom is 0.573 e. The third kappa shape index (κ3) is 3.01. The van der Waals surface area contributed by atoms with Crippen molar-refractivity contribution in [3.05, 3.63) is 17.8 Å². The lowest BCUT2D eigenvalue weighted by Crippen LogP contribution is -2.19. The molecule has 1 heterocycles. The Morgan fingerprint density at radius 2 is 2.07 bits per heavy atom. The van der Waals surface area contributed by atoms with E-state index in [1.54, 1.807) is 0 Å². The number of anilines is 1. The van der Waals surface area contributed by atoms with E-state index >= 15 is 0 Å². The Kier molecular flexibility index (Phi) is 2.69. The molecule has 0 saturated heterocycles. The molecule has 0 radical (unpaired) electrons. The van der Waals surface area contributed by atoms with Crippen LogP contribution in [0.1, 0.15) is 10.5 Å². The number of pyridine rings is 1. The Morgan fingerprint density at radius 3 is 2.53 bits per heavy atom. The molecule has 15 heavy (non-hydrogen) atoms. The number of carbonyl (C=O) groups is 1. The minimum atomic E-state index is -4.97. The van der Waals surface area contributed by atoms with Crippen LogP contribution in [0.15, 0.2) is 12.1 Å². The SMILES string of the molecule is Nc1ccc(OC(F)(F)F)c(C(=O)O)n1. The summed E-state index contributed by atoms with van der Waals surface area (Å²) < 4.78 is 38.9. The van der Waals surface area contributed by atoms with E-state index in [0.717, 1.165) is 12.1 Å². The van der Waals surface area contributed by atoms with Gasteiger partial charge in [-0.15, -0.1) is 13.2 Å². The lowest BCUT2D eigenvalue weighted by atomic mass is 10.3. The highest BCUT2D eigenvalue weighted by atomic mass is 19.4. The summed E-state index contributed by atoms with van der Waals surface area (Å²) in [5, 5.41) is 8.52. The number of hydrogen-bond donors (Lipinski definition) is 2.